The number of nitrogens with one attached hydrogen (secondary N) is 2. The van der Waals surface area contributed by atoms with E-state index < -0.39 is 11.7 Å². The smallest absolute Gasteiger partial charge is 0.407 e. The van der Waals surface area contributed by atoms with E-state index >= 15 is 0 Å². The molecule has 0 atom stereocenters. The van der Waals surface area contributed by atoms with Gasteiger partial charge in [0.15, 0.2) is 0 Å². The number of carbonyl (C=O) groups excluding carboxylic acids is 2. The maximum Gasteiger partial charge on any atom is 0.407 e. The summed E-state index contributed by atoms with van der Waals surface area (Å²) in [5.74, 6) is 0.712. The van der Waals surface area contributed by atoms with Crippen molar-refractivity contribution >= 4 is 12.0 Å². The lowest BCUT2D eigenvalue weighted by molar-refractivity contribution is -0.121. The molecule has 116 valence electrons. The number of ether oxygens (including phenoxy) is 1. The van der Waals surface area contributed by atoms with Crippen LogP contribution in [0.15, 0.2) is 0 Å². The topological polar surface area (TPSA) is 67.4 Å². The summed E-state index contributed by atoms with van der Waals surface area (Å²) in [5, 5.41) is 5.57. The molecule has 0 heterocycles. The van der Waals surface area contributed by atoms with Gasteiger partial charge in [-0.15, -0.1) is 0 Å². The molecule has 0 saturated heterocycles. The Morgan fingerprint density at radius 3 is 2.30 bits per heavy atom. The lowest BCUT2D eigenvalue weighted by atomic mass is 10.0. The van der Waals surface area contributed by atoms with Crippen molar-refractivity contribution in [3.05, 3.63) is 0 Å². The van der Waals surface area contributed by atoms with Gasteiger partial charge in [0, 0.05) is 19.5 Å². The molecular weight excluding hydrogens is 256 g/mol. The third-order valence-electron chi connectivity index (χ3n) is 3.29. The number of rotatable bonds is 6. The van der Waals surface area contributed by atoms with Gasteiger partial charge in [-0.3, -0.25) is 4.79 Å². The van der Waals surface area contributed by atoms with Crippen LogP contribution in [0.4, 0.5) is 4.79 Å². The Kier molecular flexibility index (Phi) is 6.82. The lowest BCUT2D eigenvalue weighted by Crippen LogP contribution is -2.34. The van der Waals surface area contributed by atoms with Crippen molar-refractivity contribution in [2.45, 2.75) is 64.9 Å². The first-order chi connectivity index (χ1) is 9.37. The number of amides is 2. The minimum atomic E-state index is -0.473. The Balaban J connectivity index is 1.98. The zero-order valence-corrected chi connectivity index (χ0v) is 13.0. The Morgan fingerprint density at radius 1 is 1.10 bits per heavy atom. The second-order valence-electron chi connectivity index (χ2n) is 6.49. The minimum absolute atomic E-state index is 0.133. The van der Waals surface area contributed by atoms with Gasteiger partial charge in [-0.25, -0.2) is 4.79 Å². The zero-order valence-electron chi connectivity index (χ0n) is 13.0. The number of hydrogen-bond acceptors (Lipinski definition) is 3. The third kappa shape index (κ3) is 8.02. The summed E-state index contributed by atoms with van der Waals surface area (Å²) in [5.41, 5.74) is -0.473. The number of hydrogen-bond donors (Lipinski definition) is 2. The van der Waals surface area contributed by atoms with Crippen LogP contribution in [-0.4, -0.2) is 30.7 Å². The molecule has 0 bridgehead atoms. The maximum absolute atomic E-state index is 11.7. The summed E-state index contributed by atoms with van der Waals surface area (Å²) < 4.78 is 5.12. The number of alkyl carbamates (subject to hydrolysis) is 1. The summed E-state index contributed by atoms with van der Waals surface area (Å²) in [6, 6.07) is 0. The highest BCUT2D eigenvalue weighted by Gasteiger charge is 2.18. The van der Waals surface area contributed by atoms with E-state index in [1.165, 1.54) is 25.7 Å². The Bertz CT molecular complexity index is 318. The quantitative estimate of drug-likeness (QED) is 0.737. The summed E-state index contributed by atoms with van der Waals surface area (Å²) in [6.07, 6.45) is 5.86. The van der Waals surface area contributed by atoms with E-state index in [0.29, 0.717) is 25.4 Å². The van der Waals surface area contributed by atoms with Gasteiger partial charge < -0.3 is 15.4 Å². The normalized spacial score (nSPS) is 15.9. The molecule has 1 saturated carbocycles. The first kappa shape index (κ1) is 16.8. The van der Waals surface area contributed by atoms with Crippen LogP contribution in [0.2, 0.25) is 0 Å². The molecule has 0 aromatic carbocycles. The molecule has 1 rings (SSSR count). The minimum Gasteiger partial charge on any atom is -0.444 e. The van der Waals surface area contributed by atoms with Crippen molar-refractivity contribution in [2.24, 2.45) is 5.92 Å². The van der Waals surface area contributed by atoms with Crippen LogP contribution in [0.1, 0.15) is 59.3 Å². The van der Waals surface area contributed by atoms with E-state index in [0.717, 1.165) is 6.42 Å². The Morgan fingerprint density at radius 2 is 1.70 bits per heavy atom. The molecule has 2 N–H and O–H groups in total. The fraction of sp³-hybridized carbons (Fsp3) is 0.867. The van der Waals surface area contributed by atoms with E-state index in [4.69, 9.17) is 4.74 Å². The molecule has 5 heteroatoms. The van der Waals surface area contributed by atoms with Gasteiger partial charge in [-0.05, 0) is 46.0 Å². The lowest BCUT2D eigenvalue weighted by Gasteiger charge is -2.19. The van der Waals surface area contributed by atoms with Crippen molar-refractivity contribution in [3.63, 3.8) is 0 Å². The van der Waals surface area contributed by atoms with Gasteiger partial charge in [0.2, 0.25) is 5.91 Å². The third-order valence-corrected chi connectivity index (χ3v) is 3.29. The van der Waals surface area contributed by atoms with Crippen molar-refractivity contribution in [1.29, 1.82) is 0 Å². The molecule has 20 heavy (non-hydrogen) atoms. The molecule has 1 aliphatic rings. The van der Waals surface area contributed by atoms with E-state index in [1.54, 1.807) is 0 Å². The van der Waals surface area contributed by atoms with Crippen molar-refractivity contribution < 1.29 is 14.3 Å². The van der Waals surface area contributed by atoms with E-state index in [-0.39, 0.29) is 5.91 Å². The predicted molar refractivity (Wildman–Crippen MR) is 78.4 cm³/mol. The van der Waals surface area contributed by atoms with Crippen LogP contribution in [0.5, 0.6) is 0 Å². The SMILES string of the molecule is CC(C)(C)OC(=O)NCCCNC(=O)CC1CCCC1. The van der Waals surface area contributed by atoms with E-state index in [2.05, 4.69) is 10.6 Å². The molecule has 1 aliphatic carbocycles. The molecule has 2 amide bonds. The van der Waals surface area contributed by atoms with Crippen LogP contribution in [0.25, 0.3) is 0 Å². The monoisotopic (exact) mass is 284 g/mol. The average Bonchev–Trinajstić information content (AvgIpc) is 2.78. The van der Waals surface area contributed by atoms with Gasteiger partial charge in [-0.2, -0.15) is 0 Å². The molecule has 0 aliphatic heterocycles. The van der Waals surface area contributed by atoms with Crippen molar-refractivity contribution in [3.8, 4) is 0 Å². The maximum atomic E-state index is 11.7. The highest BCUT2D eigenvalue weighted by atomic mass is 16.6. The van der Waals surface area contributed by atoms with Crippen LogP contribution < -0.4 is 10.6 Å². The van der Waals surface area contributed by atoms with Crippen LogP contribution >= 0.6 is 0 Å². The summed E-state index contributed by atoms with van der Waals surface area (Å²) in [6.45, 7) is 6.60. The summed E-state index contributed by atoms with van der Waals surface area (Å²) >= 11 is 0. The van der Waals surface area contributed by atoms with Crippen LogP contribution in [0, 0.1) is 5.92 Å². The predicted octanol–water partition coefficient (Wildman–Crippen LogP) is 2.60. The molecular formula is C15H28N2O3. The molecule has 0 spiro atoms. The van der Waals surface area contributed by atoms with Gasteiger partial charge in [-0.1, -0.05) is 12.8 Å². The molecule has 0 aromatic rings. The standard InChI is InChI=1S/C15H28N2O3/c1-15(2,3)20-14(19)17-10-6-9-16-13(18)11-12-7-4-5-8-12/h12H,4-11H2,1-3H3,(H,16,18)(H,17,19). The van der Waals surface area contributed by atoms with Gasteiger partial charge in [0.05, 0.1) is 0 Å². The van der Waals surface area contributed by atoms with Gasteiger partial charge >= 0.3 is 6.09 Å². The highest BCUT2D eigenvalue weighted by molar-refractivity contribution is 5.76. The van der Waals surface area contributed by atoms with Crippen molar-refractivity contribution in [1.82, 2.24) is 10.6 Å². The average molecular weight is 284 g/mol. The van der Waals surface area contributed by atoms with Crippen LogP contribution in [-0.2, 0) is 9.53 Å². The van der Waals surface area contributed by atoms with Gasteiger partial charge in [0.1, 0.15) is 5.60 Å². The molecule has 0 radical (unpaired) electrons. The highest BCUT2D eigenvalue weighted by Crippen LogP contribution is 2.27. The summed E-state index contributed by atoms with van der Waals surface area (Å²) in [7, 11) is 0. The first-order valence-electron chi connectivity index (χ1n) is 7.60. The largest absolute Gasteiger partial charge is 0.444 e. The number of carbonyl (C=O) groups is 2. The molecule has 5 nitrogen and oxygen atoms in total. The van der Waals surface area contributed by atoms with E-state index in [9.17, 15) is 9.59 Å². The summed E-state index contributed by atoms with van der Waals surface area (Å²) in [4.78, 5) is 23.0. The Hall–Kier alpha value is -1.26. The Labute approximate surface area is 121 Å². The molecule has 0 aromatic heterocycles. The first-order valence-corrected chi connectivity index (χ1v) is 7.60. The molecule has 0 unspecified atom stereocenters. The molecule has 1 fully saturated rings. The zero-order chi connectivity index (χ0) is 15.0. The fourth-order valence-electron chi connectivity index (χ4n) is 2.37. The van der Waals surface area contributed by atoms with E-state index in [1.807, 2.05) is 20.8 Å². The second kappa shape index (κ2) is 8.12. The fourth-order valence-corrected chi connectivity index (χ4v) is 2.37. The van der Waals surface area contributed by atoms with Gasteiger partial charge in [0.25, 0.3) is 0 Å². The second-order valence-corrected chi connectivity index (χ2v) is 6.49. The van der Waals surface area contributed by atoms with Crippen molar-refractivity contribution in [2.75, 3.05) is 13.1 Å². The van der Waals surface area contributed by atoms with Crippen LogP contribution in [0.3, 0.4) is 0 Å².